The standard InChI is InChI=1S/C12H11N3O/c1-2-7-13-9(4-1)8-14-12-10-5-3-6-11(10)15-16-12/h1-2,4,7-8H,3,5-6H2. The van der Waals surface area contributed by atoms with E-state index in [1.54, 1.807) is 12.4 Å². The Balaban J connectivity index is 1.87. The summed E-state index contributed by atoms with van der Waals surface area (Å²) in [4.78, 5) is 8.45. The first-order valence-corrected chi connectivity index (χ1v) is 5.36. The van der Waals surface area contributed by atoms with Gasteiger partial charge in [0.1, 0.15) is 0 Å². The second-order valence-corrected chi connectivity index (χ2v) is 3.78. The van der Waals surface area contributed by atoms with Gasteiger partial charge in [0.25, 0.3) is 5.88 Å². The van der Waals surface area contributed by atoms with Crippen LogP contribution < -0.4 is 0 Å². The van der Waals surface area contributed by atoms with Crippen LogP contribution in [0.2, 0.25) is 0 Å². The van der Waals surface area contributed by atoms with Crippen LogP contribution in [0.5, 0.6) is 0 Å². The first-order chi connectivity index (χ1) is 7.93. The number of pyridine rings is 1. The molecule has 0 aromatic carbocycles. The minimum atomic E-state index is 0.637. The quantitative estimate of drug-likeness (QED) is 0.719. The fourth-order valence-electron chi connectivity index (χ4n) is 1.89. The van der Waals surface area contributed by atoms with Crippen LogP contribution in [0.1, 0.15) is 23.4 Å². The predicted octanol–water partition coefficient (Wildman–Crippen LogP) is 2.31. The van der Waals surface area contributed by atoms with Crippen LogP contribution >= 0.6 is 0 Å². The molecule has 1 aliphatic carbocycles. The molecule has 16 heavy (non-hydrogen) atoms. The van der Waals surface area contributed by atoms with Crippen molar-refractivity contribution in [1.82, 2.24) is 10.1 Å². The number of aryl methyl sites for hydroxylation is 1. The number of nitrogens with zero attached hydrogens (tertiary/aromatic N) is 3. The molecule has 80 valence electrons. The summed E-state index contributed by atoms with van der Waals surface area (Å²) in [5.41, 5.74) is 3.05. The third-order valence-corrected chi connectivity index (χ3v) is 2.69. The van der Waals surface area contributed by atoms with E-state index in [0.29, 0.717) is 5.88 Å². The van der Waals surface area contributed by atoms with E-state index in [2.05, 4.69) is 15.1 Å². The van der Waals surface area contributed by atoms with Gasteiger partial charge in [-0.1, -0.05) is 11.2 Å². The van der Waals surface area contributed by atoms with E-state index in [0.717, 1.165) is 36.2 Å². The predicted molar refractivity (Wildman–Crippen MR) is 60.0 cm³/mol. The summed E-state index contributed by atoms with van der Waals surface area (Å²) >= 11 is 0. The van der Waals surface area contributed by atoms with Crippen molar-refractivity contribution in [2.24, 2.45) is 4.99 Å². The molecule has 0 radical (unpaired) electrons. The first-order valence-electron chi connectivity index (χ1n) is 5.36. The SMILES string of the molecule is C(=Nc1onc2c1CCC2)c1ccccn1. The van der Waals surface area contributed by atoms with Gasteiger partial charge in [0, 0.05) is 11.8 Å². The summed E-state index contributed by atoms with van der Waals surface area (Å²) in [5.74, 6) is 0.637. The molecule has 3 rings (SSSR count). The van der Waals surface area contributed by atoms with Gasteiger partial charge < -0.3 is 4.52 Å². The average molecular weight is 213 g/mol. The summed E-state index contributed by atoms with van der Waals surface area (Å²) in [5, 5.41) is 4.00. The van der Waals surface area contributed by atoms with Crippen LogP contribution in [-0.4, -0.2) is 16.4 Å². The minimum Gasteiger partial charge on any atom is -0.336 e. The molecule has 0 saturated carbocycles. The summed E-state index contributed by atoms with van der Waals surface area (Å²) < 4.78 is 5.18. The lowest BCUT2D eigenvalue weighted by molar-refractivity contribution is 0.419. The molecule has 2 aromatic heterocycles. The molecule has 0 spiro atoms. The van der Waals surface area contributed by atoms with E-state index < -0.39 is 0 Å². The zero-order valence-corrected chi connectivity index (χ0v) is 8.76. The molecule has 0 saturated heterocycles. The van der Waals surface area contributed by atoms with Crippen molar-refractivity contribution >= 4 is 12.1 Å². The number of fused-ring (bicyclic) bond motifs is 1. The van der Waals surface area contributed by atoms with Crippen molar-refractivity contribution in [3.63, 3.8) is 0 Å². The number of aliphatic imine (C=N–C) groups is 1. The minimum absolute atomic E-state index is 0.637. The second-order valence-electron chi connectivity index (χ2n) is 3.78. The molecule has 0 aliphatic heterocycles. The maximum absolute atomic E-state index is 5.18. The van der Waals surface area contributed by atoms with Crippen LogP contribution in [0.25, 0.3) is 0 Å². The molecular formula is C12H11N3O. The Bertz CT molecular complexity index is 516. The Morgan fingerprint density at radius 3 is 3.19 bits per heavy atom. The monoisotopic (exact) mass is 213 g/mol. The Morgan fingerprint density at radius 1 is 1.31 bits per heavy atom. The van der Waals surface area contributed by atoms with Gasteiger partial charge in [0.05, 0.1) is 17.6 Å². The molecule has 0 N–H and O–H groups in total. The molecule has 0 amide bonds. The molecule has 4 heteroatoms. The van der Waals surface area contributed by atoms with Crippen molar-refractivity contribution in [2.45, 2.75) is 19.3 Å². The van der Waals surface area contributed by atoms with Crippen LogP contribution in [-0.2, 0) is 12.8 Å². The fourth-order valence-corrected chi connectivity index (χ4v) is 1.89. The molecular weight excluding hydrogens is 202 g/mol. The van der Waals surface area contributed by atoms with E-state index in [4.69, 9.17) is 4.52 Å². The Hall–Kier alpha value is -1.97. The van der Waals surface area contributed by atoms with Crippen molar-refractivity contribution in [3.8, 4) is 0 Å². The topological polar surface area (TPSA) is 51.3 Å². The van der Waals surface area contributed by atoms with Crippen molar-refractivity contribution < 1.29 is 4.52 Å². The highest BCUT2D eigenvalue weighted by molar-refractivity contribution is 5.79. The second kappa shape index (κ2) is 3.89. The lowest BCUT2D eigenvalue weighted by Gasteiger charge is -1.90. The normalized spacial score (nSPS) is 14.5. The van der Waals surface area contributed by atoms with Crippen molar-refractivity contribution in [1.29, 1.82) is 0 Å². The molecule has 0 unspecified atom stereocenters. The smallest absolute Gasteiger partial charge is 0.253 e. The molecule has 0 fully saturated rings. The van der Waals surface area contributed by atoms with Crippen molar-refractivity contribution in [3.05, 3.63) is 41.3 Å². The van der Waals surface area contributed by atoms with E-state index in [9.17, 15) is 0 Å². The Kier molecular flexibility index (Phi) is 2.25. The van der Waals surface area contributed by atoms with Crippen LogP contribution in [0.4, 0.5) is 5.88 Å². The molecule has 2 heterocycles. The maximum Gasteiger partial charge on any atom is 0.253 e. The average Bonchev–Trinajstić information content (AvgIpc) is 2.90. The number of rotatable bonds is 2. The lowest BCUT2D eigenvalue weighted by atomic mass is 10.3. The van der Waals surface area contributed by atoms with Crippen LogP contribution in [0.3, 0.4) is 0 Å². The molecule has 1 aliphatic rings. The zero-order chi connectivity index (χ0) is 10.8. The molecule has 0 atom stereocenters. The van der Waals surface area contributed by atoms with Crippen molar-refractivity contribution in [2.75, 3.05) is 0 Å². The molecule has 2 aromatic rings. The number of hydrogen-bond donors (Lipinski definition) is 0. The van der Waals surface area contributed by atoms with Gasteiger partial charge in [-0.25, -0.2) is 4.99 Å². The lowest BCUT2D eigenvalue weighted by Crippen LogP contribution is -1.84. The zero-order valence-electron chi connectivity index (χ0n) is 8.76. The summed E-state index contributed by atoms with van der Waals surface area (Å²) in [6, 6.07) is 5.71. The summed E-state index contributed by atoms with van der Waals surface area (Å²) in [6.07, 6.45) is 6.64. The highest BCUT2D eigenvalue weighted by atomic mass is 16.5. The van der Waals surface area contributed by atoms with Gasteiger partial charge in [-0.3, -0.25) is 4.98 Å². The van der Waals surface area contributed by atoms with Gasteiger partial charge in [0.15, 0.2) is 0 Å². The van der Waals surface area contributed by atoms with Gasteiger partial charge in [-0.15, -0.1) is 0 Å². The molecule has 4 nitrogen and oxygen atoms in total. The summed E-state index contributed by atoms with van der Waals surface area (Å²) in [7, 11) is 0. The summed E-state index contributed by atoms with van der Waals surface area (Å²) in [6.45, 7) is 0. The highest BCUT2D eigenvalue weighted by Gasteiger charge is 2.20. The van der Waals surface area contributed by atoms with Gasteiger partial charge in [0.2, 0.25) is 0 Å². The van der Waals surface area contributed by atoms with E-state index in [1.165, 1.54) is 0 Å². The van der Waals surface area contributed by atoms with Crippen LogP contribution in [0, 0.1) is 0 Å². The Morgan fingerprint density at radius 2 is 2.31 bits per heavy atom. The molecule has 0 bridgehead atoms. The van der Waals surface area contributed by atoms with Gasteiger partial charge >= 0.3 is 0 Å². The van der Waals surface area contributed by atoms with Gasteiger partial charge in [-0.2, -0.15) is 0 Å². The van der Waals surface area contributed by atoms with Crippen LogP contribution in [0.15, 0.2) is 33.9 Å². The number of hydrogen-bond acceptors (Lipinski definition) is 4. The third kappa shape index (κ3) is 1.62. The van der Waals surface area contributed by atoms with Gasteiger partial charge in [-0.05, 0) is 31.4 Å². The first kappa shape index (κ1) is 9.27. The Labute approximate surface area is 93.0 Å². The fraction of sp³-hybridized carbons (Fsp3) is 0.250. The maximum atomic E-state index is 5.18. The van der Waals surface area contributed by atoms with E-state index in [1.807, 2.05) is 18.2 Å². The number of aromatic nitrogens is 2. The van der Waals surface area contributed by atoms with E-state index in [-0.39, 0.29) is 0 Å². The van der Waals surface area contributed by atoms with E-state index >= 15 is 0 Å². The third-order valence-electron chi connectivity index (χ3n) is 2.69. The highest BCUT2D eigenvalue weighted by Crippen LogP contribution is 2.30. The largest absolute Gasteiger partial charge is 0.336 e.